The quantitative estimate of drug-likeness (QED) is 0.594. The second kappa shape index (κ2) is 7.18. The maximum Gasteiger partial charge on any atom is 0.329 e. The molecule has 4 heteroatoms. The van der Waals surface area contributed by atoms with Crippen LogP contribution in [0.1, 0.15) is 26.3 Å². The molecule has 1 fully saturated rings. The summed E-state index contributed by atoms with van der Waals surface area (Å²) >= 11 is 1.78. The minimum Gasteiger partial charge on any atom is -0.426 e. The van der Waals surface area contributed by atoms with Gasteiger partial charge >= 0.3 is 6.92 Å². The highest BCUT2D eigenvalue weighted by Gasteiger charge is 2.42. The van der Waals surface area contributed by atoms with Crippen molar-refractivity contribution in [1.82, 2.24) is 4.90 Å². The van der Waals surface area contributed by atoms with Crippen molar-refractivity contribution < 1.29 is 4.65 Å². The second-order valence-corrected chi connectivity index (χ2v) is 9.01. The Morgan fingerprint density at radius 3 is 2.74 bits per heavy atom. The number of benzene rings is 1. The van der Waals surface area contributed by atoms with Crippen molar-refractivity contribution in [3.05, 3.63) is 83.4 Å². The Balaban J connectivity index is 1.59. The summed E-state index contributed by atoms with van der Waals surface area (Å²) in [6.45, 7) is 11.9. The molecular formula is C23H26BNOS. The Labute approximate surface area is 167 Å². The van der Waals surface area contributed by atoms with Crippen LogP contribution >= 0.6 is 11.3 Å². The van der Waals surface area contributed by atoms with E-state index in [9.17, 15) is 0 Å². The first-order valence-corrected chi connectivity index (χ1v) is 10.5. The molecule has 0 amide bonds. The van der Waals surface area contributed by atoms with Crippen LogP contribution < -0.4 is 0 Å². The molecule has 2 aliphatic rings. The van der Waals surface area contributed by atoms with Crippen LogP contribution in [0.3, 0.4) is 0 Å². The maximum absolute atomic E-state index is 6.34. The van der Waals surface area contributed by atoms with Gasteiger partial charge in [-0.15, -0.1) is 11.3 Å². The van der Waals surface area contributed by atoms with E-state index in [1.54, 1.807) is 11.3 Å². The van der Waals surface area contributed by atoms with E-state index in [2.05, 4.69) is 92.4 Å². The Bertz CT molecular complexity index is 897. The van der Waals surface area contributed by atoms with E-state index in [0.29, 0.717) is 5.92 Å². The lowest BCUT2D eigenvalue weighted by Crippen LogP contribution is -2.28. The predicted molar refractivity (Wildman–Crippen MR) is 117 cm³/mol. The lowest BCUT2D eigenvalue weighted by molar-refractivity contribution is 0.0944. The average molecular weight is 375 g/mol. The molecule has 2 nitrogen and oxygen atoms in total. The van der Waals surface area contributed by atoms with Crippen molar-refractivity contribution in [1.29, 1.82) is 0 Å². The Kier molecular flexibility index (Phi) is 4.87. The van der Waals surface area contributed by atoms with E-state index >= 15 is 0 Å². The molecule has 2 aliphatic heterocycles. The van der Waals surface area contributed by atoms with Crippen LogP contribution in [-0.2, 0) is 11.2 Å². The van der Waals surface area contributed by atoms with Crippen LogP contribution in [0.25, 0.3) is 10.4 Å². The van der Waals surface area contributed by atoms with Gasteiger partial charge in [-0.1, -0.05) is 49.9 Å². The van der Waals surface area contributed by atoms with Gasteiger partial charge in [0.05, 0.1) is 0 Å². The molecule has 0 saturated carbocycles. The SMILES string of the molecule is C=C1C=CC(B2CC(C)C(C)(C)O2)=CN1Cc1ccccc1-c1cccs1. The summed E-state index contributed by atoms with van der Waals surface area (Å²) in [5.41, 5.74) is 4.81. The van der Waals surface area contributed by atoms with Crippen LogP contribution in [0.2, 0.25) is 6.32 Å². The smallest absolute Gasteiger partial charge is 0.329 e. The van der Waals surface area contributed by atoms with Crippen molar-refractivity contribution in [2.24, 2.45) is 5.92 Å². The minimum absolute atomic E-state index is 0.0651. The van der Waals surface area contributed by atoms with Gasteiger partial charge < -0.3 is 9.55 Å². The van der Waals surface area contributed by atoms with E-state index in [1.807, 2.05) is 0 Å². The summed E-state index contributed by atoms with van der Waals surface area (Å²) in [7, 11) is 0. The van der Waals surface area contributed by atoms with Crippen molar-refractivity contribution >= 4 is 18.3 Å². The van der Waals surface area contributed by atoms with Crippen molar-refractivity contribution in [2.45, 2.75) is 39.2 Å². The molecule has 1 saturated heterocycles. The first-order valence-electron chi connectivity index (χ1n) is 9.59. The summed E-state index contributed by atoms with van der Waals surface area (Å²) in [6.07, 6.45) is 7.58. The van der Waals surface area contributed by atoms with Crippen molar-refractivity contribution in [3.8, 4) is 10.4 Å². The molecule has 1 aromatic heterocycles. The average Bonchev–Trinajstić information content (AvgIpc) is 3.26. The first-order chi connectivity index (χ1) is 12.9. The van der Waals surface area contributed by atoms with Gasteiger partial charge in [0.15, 0.2) is 0 Å². The molecule has 3 heterocycles. The highest BCUT2D eigenvalue weighted by atomic mass is 32.1. The summed E-state index contributed by atoms with van der Waals surface area (Å²) in [5, 5.41) is 2.13. The molecule has 138 valence electrons. The zero-order valence-corrected chi connectivity index (χ0v) is 17.1. The van der Waals surface area contributed by atoms with E-state index in [4.69, 9.17) is 4.65 Å². The number of nitrogens with zero attached hydrogens (tertiary/aromatic N) is 1. The van der Waals surface area contributed by atoms with E-state index in [0.717, 1.165) is 18.6 Å². The lowest BCUT2D eigenvalue weighted by Gasteiger charge is -2.28. The Morgan fingerprint density at radius 2 is 2.04 bits per heavy atom. The molecule has 2 aromatic rings. The monoisotopic (exact) mass is 375 g/mol. The summed E-state index contributed by atoms with van der Waals surface area (Å²) in [4.78, 5) is 3.56. The number of allylic oxidation sites excluding steroid dienone is 3. The van der Waals surface area contributed by atoms with Crippen molar-refractivity contribution in [3.63, 3.8) is 0 Å². The molecule has 1 unspecified atom stereocenters. The molecule has 27 heavy (non-hydrogen) atoms. The van der Waals surface area contributed by atoms with Gasteiger partial charge in [0.2, 0.25) is 0 Å². The van der Waals surface area contributed by atoms with Crippen LogP contribution in [-0.4, -0.2) is 17.4 Å². The normalized spacial score (nSPS) is 21.7. The maximum atomic E-state index is 6.34. The summed E-state index contributed by atoms with van der Waals surface area (Å²) in [5.74, 6) is 0.551. The second-order valence-electron chi connectivity index (χ2n) is 8.06. The zero-order chi connectivity index (χ0) is 19.0. The van der Waals surface area contributed by atoms with Crippen LogP contribution in [0.5, 0.6) is 0 Å². The third kappa shape index (κ3) is 3.69. The fourth-order valence-corrected chi connectivity index (χ4v) is 4.57. The number of hydrogen-bond acceptors (Lipinski definition) is 3. The van der Waals surface area contributed by atoms with Crippen LogP contribution in [0.4, 0.5) is 0 Å². The van der Waals surface area contributed by atoms with Gasteiger partial charge in [-0.25, -0.2) is 0 Å². The molecule has 0 aliphatic carbocycles. The Hall–Kier alpha value is -2.04. The van der Waals surface area contributed by atoms with Gasteiger partial charge in [-0.05, 0) is 60.2 Å². The number of thiophene rings is 1. The molecule has 0 radical (unpaired) electrons. The lowest BCUT2D eigenvalue weighted by atomic mass is 9.56. The summed E-state index contributed by atoms with van der Waals surface area (Å²) < 4.78 is 6.34. The Morgan fingerprint density at radius 1 is 1.22 bits per heavy atom. The van der Waals surface area contributed by atoms with Crippen LogP contribution in [0.15, 0.2) is 77.9 Å². The molecular weight excluding hydrogens is 349 g/mol. The van der Waals surface area contributed by atoms with Crippen LogP contribution in [0, 0.1) is 5.92 Å². The fraction of sp³-hybridized carbons (Fsp3) is 0.304. The fourth-order valence-electron chi connectivity index (χ4n) is 3.79. The highest BCUT2D eigenvalue weighted by Crippen LogP contribution is 2.38. The highest BCUT2D eigenvalue weighted by molar-refractivity contribution is 7.13. The third-order valence-electron chi connectivity index (χ3n) is 5.86. The van der Waals surface area contributed by atoms with Gasteiger partial charge in [0.1, 0.15) is 0 Å². The zero-order valence-electron chi connectivity index (χ0n) is 16.3. The molecule has 0 N–H and O–H groups in total. The summed E-state index contributed by atoms with van der Waals surface area (Å²) in [6, 6.07) is 12.9. The first kappa shape index (κ1) is 18.3. The van der Waals surface area contributed by atoms with Gasteiger partial charge in [-0.3, -0.25) is 0 Å². The number of hydrogen-bond donors (Lipinski definition) is 0. The van der Waals surface area contributed by atoms with Crippen molar-refractivity contribution in [2.75, 3.05) is 0 Å². The van der Waals surface area contributed by atoms with Gasteiger partial charge in [0, 0.05) is 28.9 Å². The molecule has 0 bridgehead atoms. The third-order valence-corrected chi connectivity index (χ3v) is 6.76. The standard InChI is InChI=1S/C23H26BNOS/c1-17-14-24(26-23(17,3)4)20-12-11-18(2)25(16-20)15-19-8-5-6-9-21(19)22-10-7-13-27-22/h5-13,16-17H,2,14-15H2,1,3-4H3. The molecule has 0 spiro atoms. The van der Waals surface area contributed by atoms with E-state index in [1.165, 1.54) is 21.5 Å². The molecule has 1 aromatic carbocycles. The van der Waals surface area contributed by atoms with Gasteiger partial charge in [0.25, 0.3) is 0 Å². The van der Waals surface area contributed by atoms with E-state index in [-0.39, 0.29) is 12.5 Å². The molecule has 1 atom stereocenters. The van der Waals surface area contributed by atoms with E-state index < -0.39 is 0 Å². The largest absolute Gasteiger partial charge is 0.426 e. The predicted octanol–water partition coefficient (Wildman–Crippen LogP) is 6.16. The van der Waals surface area contributed by atoms with Gasteiger partial charge in [-0.2, -0.15) is 0 Å². The minimum atomic E-state index is -0.0651. The molecule has 4 rings (SSSR count). The number of rotatable bonds is 4. The topological polar surface area (TPSA) is 12.5 Å².